The molecule has 0 heterocycles. The standard InChI is InChI=1S/C13H28N2/c1-11(2)14-10-13(15(3)4)12-8-6-5-7-9-12/h11-14H,5-10H2,1-4H3. The van der Waals surface area contributed by atoms with Crippen LogP contribution in [0.5, 0.6) is 0 Å². The highest BCUT2D eigenvalue weighted by molar-refractivity contribution is 4.81. The maximum Gasteiger partial charge on any atom is 0.0242 e. The Balaban J connectivity index is 2.41. The Hall–Kier alpha value is -0.0800. The Morgan fingerprint density at radius 1 is 1.13 bits per heavy atom. The minimum absolute atomic E-state index is 0.607. The van der Waals surface area contributed by atoms with E-state index in [0.29, 0.717) is 6.04 Å². The van der Waals surface area contributed by atoms with E-state index < -0.39 is 0 Å². The fourth-order valence-corrected chi connectivity index (χ4v) is 2.65. The zero-order valence-corrected chi connectivity index (χ0v) is 10.9. The summed E-state index contributed by atoms with van der Waals surface area (Å²) in [5, 5.41) is 3.58. The molecule has 1 saturated carbocycles. The second-order valence-electron chi connectivity index (χ2n) is 5.49. The van der Waals surface area contributed by atoms with Gasteiger partial charge in [-0.1, -0.05) is 33.1 Å². The number of hydrogen-bond acceptors (Lipinski definition) is 2. The van der Waals surface area contributed by atoms with Crippen LogP contribution in [0, 0.1) is 5.92 Å². The lowest BCUT2D eigenvalue weighted by molar-refractivity contribution is 0.164. The van der Waals surface area contributed by atoms with Crippen molar-refractivity contribution >= 4 is 0 Å². The van der Waals surface area contributed by atoms with Gasteiger partial charge < -0.3 is 10.2 Å². The van der Waals surface area contributed by atoms with Crippen molar-refractivity contribution in [1.82, 2.24) is 10.2 Å². The number of rotatable bonds is 5. The zero-order valence-electron chi connectivity index (χ0n) is 10.9. The van der Waals surface area contributed by atoms with E-state index in [1.807, 2.05) is 0 Å². The Morgan fingerprint density at radius 2 is 1.73 bits per heavy atom. The molecule has 0 amide bonds. The molecule has 0 aromatic carbocycles. The van der Waals surface area contributed by atoms with Crippen LogP contribution < -0.4 is 5.32 Å². The maximum absolute atomic E-state index is 3.58. The lowest BCUT2D eigenvalue weighted by Gasteiger charge is -2.35. The second kappa shape index (κ2) is 6.49. The lowest BCUT2D eigenvalue weighted by Crippen LogP contribution is -2.45. The summed E-state index contributed by atoms with van der Waals surface area (Å²) < 4.78 is 0. The molecule has 0 spiro atoms. The van der Waals surface area contributed by atoms with Gasteiger partial charge in [0.25, 0.3) is 0 Å². The number of nitrogens with one attached hydrogen (secondary N) is 1. The van der Waals surface area contributed by atoms with Crippen LogP contribution in [0.2, 0.25) is 0 Å². The van der Waals surface area contributed by atoms with Gasteiger partial charge in [0.2, 0.25) is 0 Å². The van der Waals surface area contributed by atoms with E-state index >= 15 is 0 Å². The van der Waals surface area contributed by atoms with E-state index in [4.69, 9.17) is 0 Å². The molecule has 0 aliphatic heterocycles. The summed E-state index contributed by atoms with van der Waals surface area (Å²) in [6, 6.07) is 1.34. The molecule has 0 aromatic rings. The van der Waals surface area contributed by atoms with Crippen LogP contribution in [0.15, 0.2) is 0 Å². The predicted octanol–water partition coefficient (Wildman–Crippen LogP) is 2.49. The predicted molar refractivity (Wildman–Crippen MR) is 67.2 cm³/mol. The molecule has 0 saturated heterocycles. The molecule has 90 valence electrons. The third kappa shape index (κ3) is 4.52. The molecule has 1 aliphatic carbocycles. The minimum atomic E-state index is 0.607. The first kappa shape index (κ1) is 13.0. The molecule has 2 heteroatoms. The van der Waals surface area contributed by atoms with Gasteiger partial charge in [0.1, 0.15) is 0 Å². The topological polar surface area (TPSA) is 15.3 Å². The Labute approximate surface area is 95.4 Å². The van der Waals surface area contributed by atoms with E-state index in [-0.39, 0.29) is 0 Å². The molecule has 2 nitrogen and oxygen atoms in total. The zero-order chi connectivity index (χ0) is 11.3. The highest BCUT2D eigenvalue weighted by Crippen LogP contribution is 2.28. The second-order valence-corrected chi connectivity index (χ2v) is 5.49. The van der Waals surface area contributed by atoms with E-state index in [2.05, 4.69) is 38.2 Å². The van der Waals surface area contributed by atoms with Gasteiger partial charge >= 0.3 is 0 Å². The molecule has 1 aliphatic rings. The van der Waals surface area contributed by atoms with Gasteiger partial charge in [-0.15, -0.1) is 0 Å². The van der Waals surface area contributed by atoms with Crippen LogP contribution in [-0.2, 0) is 0 Å². The first-order chi connectivity index (χ1) is 7.11. The summed E-state index contributed by atoms with van der Waals surface area (Å²) >= 11 is 0. The highest BCUT2D eigenvalue weighted by Gasteiger charge is 2.24. The first-order valence-electron chi connectivity index (χ1n) is 6.51. The number of likely N-dealkylation sites (N-methyl/N-ethyl adjacent to an activating group) is 1. The van der Waals surface area contributed by atoms with Crippen LogP contribution in [0.25, 0.3) is 0 Å². The molecule has 1 rings (SSSR count). The molecule has 1 N–H and O–H groups in total. The molecule has 0 radical (unpaired) electrons. The van der Waals surface area contributed by atoms with Gasteiger partial charge in [-0.05, 0) is 32.9 Å². The van der Waals surface area contributed by atoms with Crippen molar-refractivity contribution in [3.05, 3.63) is 0 Å². The summed E-state index contributed by atoms with van der Waals surface area (Å²) in [6.07, 6.45) is 7.20. The van der Waals surface area contributed by atoms with Gasteiger partial charge in [0, 0.05) is 18.6 Å². The van der Waals surface area contributed by atoms with Crippen LogP contribution in [0.4, 0.5) is 0 Å². The van der Waals surface area contributed by atoms with Crippen molar-refractivity contribution in [2.75, 3.05) is 20.6 Å². The molecule has 1 unspecified atom stereocenters. The summed E-state index contributed by atoms with van der Waals surface area (Å²) in [4.78, 5) is 2.41. The number of nitrogens with zero attached hydrogens (tertiary/aromatic N) is 1. The monoisotopic (exact) mass is 212 g/mol. The molecular formula is C13H28N2. The third-order valence-corrected chi connectivity index (χ3v) is 3.59. The SMILES string of the molecule is CC(C)NCC(C1CCCCC1)N(C)C. The summed E-state index contributed by atoms with van der Waals surface area (Å²) in [5.74, 6) is 0.917. The summed E-state index contributed by atoms with van der Waals surface area (Å²) in [6.45, 7) is 5.61. The molecule has 1 atom stereocenters. The van der Waals surface area contributed by atoms with Gasteiger partial charge in [0.05, 0.1) is 0 Å². The van der Waals surface area contributed by atoms with Crippen LogP contribution in [-0.4, -0.2) is 37.6 Å². The summed E-state index contributed by atoms with van der Waals surface area (Å²) in [7, 11) is 4.45. The third-order valence-electron chi connectivity index (χ3n) is 3.59. The van der Waals surface area contributed by atoms with Gasteiger partial charge in [-0.25, -0.2) is 0 Å². The Morgan fingerprint density at radius 3 is 2.20 bits per heavy atom. The van der Waals surface area contributed by atoms with Crippen molar-refractivity contribution in [2.24, 2.45) is 5.92 Å². The van der Waals surface area contributed by atoms with Gasteiger partial charge in [0.15, 0.2) is 0 Å². The maximum atomic E-state index is 3.58. The largest absolute Gasteiger partial charge is 0.313 e. The quantitative estimate of drug-likeness (QED) is 0.753. The van der Waals surface area contributed by atoms with Crippen molar-refractivity contribution in [3.8, 4) is 0 Å². The number of hydrogen-bond donors (Lipinski definition) is 1. The molecule has 0 bridgehead atoms. The fraction of sp³-hybridized carbons (Fsp3) is 1.00. The average Bonchev–Trinajstić information content (AvgIpc) is 2.18. The van der Waals surface area contributed by atoms with Crippen molar-refractivity contribution in [3.63, 3.8) is 0 Å². The van der Waals surface area contributed by atoms with E-state index in [1.165, 1.54) is 32.1 Å². The molecule has 1 fully saturated rings. The van der Waals surface area contributed by atoms with Crippen LogP contribution >= 0.6 is 0 Å². The van der Waals surface area contributed by atoms with Crippen molar-refractivity contribution < 1.29 is 0 Å². The first-order valence-corrected chi connectivity index (χ1v) is 6.51. The van der Waals surface area contributed by atoms with Crippen LogP contribution in [0.3, 0.4) is 0 Å². The Bertz CT molecular complexity index is 160. The smallest absolute Gasteiger partial charge is 0.0242 e. The van der Waals surface area contributed by atoms with E-state index in [0.717, 1.165) is 18.5 Å². The van der Waals surface area contributed by atoms with E-state index in [1.54, 1.807) is 0 Å². The average molecular weight is 212 g/mol. The van der Waals surface area contributed by atoms with Crippen LogP contribution in [0.1, 0.15) is 46.0 Å². The van der Waals surface area contributed by atoms with Crippen molar-refractivity contribution in [1.29, 1.82) is 0 Å². The summed E-state index contributed by atoms with van der Waals surface area (Å²) in [5.41, 5.74) is 0. The molecule has 0 aromatic heterocycles. The van der Waals surface area contributed by atoms with Gasteiger partial charge in [-0.3, -0.25) is 0 Å². The minimum Gasteiger partial charge on any atom is -0.313 e. The Kier molecular flexibility index (Phi) is 5.62. The molecular weight excluding hydrogens is 184 g/mol. The van der Waals surface area contributed by atoms with Crippen molar-refractivity contribution in [2.45, 2.75) is 58.0 Å². The normalized spacial score (nSPS) is 21.2. The fourth-order valence-electron chi connectivity index (χ4n) is 2.65. The van der Waals surface area contributed by atoms with E-state index in [9.17, 15) is 0 Å². The van der Waals surface area contributed by atoms with Gasteiger partial charge in [-0.2, -0.15) is 0 Å². The highest BCUT2D eigenvalue weighted by atomic mass is 15.1. The molecule has 15 heavy (non-hydrogen) atoms. The lowest BCUT2D eigenvalue weighted by atomic mass is 9.83.